The summed E-state index contributed by atoms with van der Waals surface area (Å²) >= 11 is 6.35. The van der Waals surface area contributed by atoms with E-state index in [9.17, 15) is 9.59 Å². The van der Waals surface area contributed by atoms with Gasteiger partial charge in [0.05, 0.1) is 24.0 Å². The van der Waals surface area contributed by atoms with Crippen LogP contribution < -0.4 is 4.74 Å². The molecule has 4 rings (SSSR count). The Bertz CT molecular complexity index is 1170. The van der Waals surface area contributed by atoms with Gasteiger partial charge in [-0.3, -0.25) is 14.5 Å². The highest BCUT2D eigenvalue weighted by atomic mass is 32.2. The summed E-state index contributed by atoms with van der Waals surface area (Å²) in [6, 6.07) is 7.39. The van der Waals surface area contributed by atoms with Crippen LogP contribution in [0.5, 0.6) is 5.75 Å². The molecule has 1 N–H and O–H groups in total. The molecule has 142 valence electrons. The number of benzene rings is 1. The van der Waals surface area contributed by atoms with Crippen LogP contribution in [-0.2, 0) is 9.59 Å². The highest BCUT2D eigenvalue weighted by molar-refractivity contribution is 8.26. The summed E-state index contributed by atoms with van der Waals surface area (Å²) in [7, 11) is 1.58. The Hall–Kier alpha value is -3.05. The zero-order chi connectivity index (χ0) is 19.8. The van der Waals surface area contributed by atoms with Gasteiger partial charge in [-0.25, -0.2) is 0 Å². The van der Waals surface area contributed by atoms with Crippen molar-refractivity contribution in [2.24, 2.45) is 0 Å². The molecule has 0 radical (unpaired) electrons. The molecule has 1 saturated heterocycles. The first kappa shape index (κ1) is 18.3. The number of aromatic nitrogens is 4. The van der Waals surface area contributed by atoms with E-state index < -0.39 is 5.97 Å². The molecule has 1 fully saturated rings. The van der Waals surface area contributed by atoms with Crippen molar-refractivity contribution in [3.63, 3.8) is 0 Å². The number of hydrogen-bond donors (Lipinski definition) is 1. The first-order valence-corrected chi connectivity index (χ1v) is 9.36. The predicted molar refractivity (Wildman–Crippen MR) is 107 cm³/mol. The van der Waals surface area contributed by atoms with Crippen molar-refractivity contribution in [1.82, 2.24) is 24.9 Å². The minimum atomic E-state index is -0.988. The zero-order valence-electron chi connectivity index (χ0n) is 14.5. The number of ether oxygens (including phenoxy) is 1. The normalized spacial score (nSPS) is 15.9. The number of thiocarbonyl (C=S) groups is 1. The maximum atomic E-state index is 12.6. The summed E-state index contributed by atoms with van der Waals surface area (Å²) in [5.41, 5.74) is 1.94. The smallest absolute Gasteiger partial charge is 0.305 e. The number of methoxy groups -OCH3 is 1. The third-order valence-corrected chi connectivity index (χ3v) is 5.59. The van der Waals surface area contributed by atoms with Crippen LogP contribution >= 0.6 is 24.0 Å². The van der Waals surface area contributed by atoms with Gasteiger partial charge < -0.3 is 9.84 Å². The van der Waals surface area contributed by atoms with Gasteiger partial charge in [0.15, 0.2) is 5.65 Å². The van der Waals surface area contributed by atoms with Crippen LogP contribution in [0, 0.1) is 0 Å². The third kappa shape index (κ3) is 3.18. The van der Waals surface area contributed by atoms with Crippen LogP contribution in [0.25, 0.3) is 22.6 Å². The number of carboxylic acids is 1. The summed E-state index contributed by atoms with van der Waals surface area (Å²) in [4.78, 5) is 25.1. The van der Waals surface area contributed by atoms with Crippen LogP contribution in [0.3, 0.4) is 0 Å². The van der Waals surface area contributed by atoms with Crippen LogP contribution in [0.4, 0.5) is 0 Å². The average molecular weight is 415 g/mol. The van der Waals surface area contributed by atoms with E-state index in [2.05, 4.69) is 15.5 Å². The molecule has 1 amide bonds. The number of carboxylic acid groups (broad SMARTS) is 1. The lowest BCUT2D eigenvalue weighted by molar-refractivity contribution is -0.137. The summed E-state index contributed by atoms with van der Waals surface area (Å²) in [5, 5.41) is 21.5. The van der Waals surface area contributed by atoms with Gasteiger partial charge in [-0.05, 0) is 40.8 Å². The molecule has 1 aliphatic rings. The van der Waals surface area contributed by atoms with Crippen molar-refractivity contribution in [3.05, 3.63) is 34.7 Å². The summed E-state index contributed by atoms with van der Waals surface area (Å²) in [6.45, 7) is 0.0359. The molecule has 0 atom stereocenters. The van der Waals surface area contributed by atoms with E-state index in [4.69, 9.17) is 22.1 Å². The number of carbonyl (C=O) groups excluding carboxylic acids is 1. The first-order chi connectivity index (χ1) is 13.5. The number of nitrogens with zero attached hydrogens (tertiary/aromatic N) is 5. The number of tetrazole rings is 1. The van der Waals surface area contributed by atoms with Gasteiger partial charge in [0.2, 0.25) is 0 Å². The van der Waals surface area contributed by atoms with Gasteiger partial charge in [-0.1, -0.05) is 24.0 Å². The van der Waals surface area contributed by atoms with E-state index in [1.807, 2.05) is 24.3 Å². The average Bonchev–Trinajstić information content (AvgIpc) is 3.25. The predicted octanol–water partition coefficient (Wildman–Crippen LogP) is 1.96. The maximum absolute atomic E-state index is 12.6. The second-order valence-corrected chi connectivity index (χ2v) is 7.59. The zero-order valence-corrected chi connectivity index (χ0v) is 16.2. The molecule has 1 aromatic carbocycles. The molecular weight excluding hydrogens is 402 g/mol. The molecule has 0 unspecified atom stereocenters. The van der Waals surface area contributed by atoms with Gasteiger partial charge in [-0.15, -0.1) is 5.10 Å². The van der Waals surface area contributed by atoms with E-state index in [0.717, 1.165) is 22.7 Å². The molecule has 28 heavy (non-hydrogen) atoms. The minimum absolute atomic E-state index is 0.0359. The number of hydrogen-bond acceptors (Lipinski definition) is 8. The number of aliphatic carboxylic acids is 1. The van der Waals surface area contributed by atoms with Crippen molar-refractivity contribution in [2.75, 3.05) is 13.7 Å². The quantitative estimate of drug-likeness (QED) is 0.494. The molecule has 9 nitrogen and oxygen atoms in total. The van der Waals surface area contributed by atoms with Gasteiger partial charge in [0.25, 0.3) is 5.91 Å². The van der Waals surface area contributed by atoms with Crippen molar-refractivity contribution in [2.45, 2.75) is 6.42 Å². The Morgan fingerprint density at radius 1 is 1.39 bits per heavy atom. The van der Waals surface area contributed by atoms with Crippen molar-refractivity contribution >= 4 is 62.8 Å². The third-order valence-electron chi connectivity index (χ3n) is 4.21. The van der Waals surface area contributed by atoms with Gasteiger partial charge >= 0.3 is 5.97 Å². The van der Waals surface area contributed by atoms with Gasteiger partial charge in [0.1, 0.15) is 10.1 Å². The molecular formula is C17H13N5O4S2. The van der Waals surface area contributed by atoms with E-state index in [1.54, 1.807) is 17.7 Å². The lowest BCUT2D eigenvalue weighted by Gasteiger charge is -2.12. The Morgan fingerprint density at radius 2 is 2.21 bits per heavy atom. The van der Waals surface area contributed by atoms with Crippen LogP contribution in [-0.4, -0.2) is 59.9 Å². The second kappa shape index (κ2) is 7.17. The topological polar surface area (TPSA) is 110 Å². The van der Waals surface area contributed by atoms with E-state index in [1.165, 1.54) is 4.90 Å². The lowest BCUT2D eigenvalue weighted by Crippen LogP contribution is -2.30. The number of pyridine rings is 1. The van der Waals surface area contributed by atoms with Crippen molar-refractivity contribution in [3.8, 4) is 5.75 Å². The fraction of sp³-hybridized carbons (Fsp3) is 0.176. The van der Waals surface area contributed by atoms with Crippen molar-refractivity contribution < 1.29 is 19.4 Å². The van der Waals surface area contributed by atoms with E-state index in [0.29, 0.717) is 26.2 Å². The Balaban J connectivity index is 1.78. The molecule has 0 aliphatic carbocycles. The lowest BCUT2D eigenvalue weighted by atomic mass is 10.1. The Morgan fingerprint density at radius 3 is 2.96 bits per heavy atom. The number of carbonyl (C=O) groups is 2. The summed E-state index contributed by atoms with van der Waals surface area (Å²) in [5.74, 6) is -0.628. The minimum Gasteiger partial charge on any atom is -0.497 e. The summed E-state index contributed by atoms with van der Waals surface area (Å²) in [6.07, 6.45) is 1.50. The molecule has 1 aliphatic heterocycles. The Kier molecular flexibility index (Phi) is 4.69. The number of thioether (sulfide) groups is 1. The molecule has 0 bridgehead atoms. The first-order valence-electron chi connectivity index (χ1n) is 8.14. The molecule has 3 aromatic rings. The van der Waals surface area contributed by atoms with Crippen LogP contribution in [0.15, 0.2) is 29.2 Å². The number of rotatable bonds is 5. The Labute approximate surface area is 167 Å². The molecule has 2 aromatic heterocycles. The molecule has 11 heteroatoms. The van der Waals surface area contributed by atoms with Crippen molar-refractivity contribution in [1.29, 1.82) is 0 Å². The highest BCUT2D eigenvalue weighted by Crippen LogP contribution is 2.34. The van der Waals surface area contributed by atoms with Crippen LogP contribution in [0.2, 0.25) is 0 Å². The molecule has 3 heterocycles. The van der Waals surface area contributed by atoms with E-state index >= 15 is 0 Å². The van der Waals surface area contributed by atoms with E-state index in [-0.39, 0.29) is 18.9 Å². The molecule has 0 spiro atoms. The fourth-order valence-corrected chi connectivity index (χ4v) is 4.18. The largest absolute Gasteiger partial charge is 0.497 e. The second-order valence-electron chi connectivity index (χ2n) is 5.92. The number of amides is 1. The monoisotopic (exact) mass is 415 g/mol. The fourth-order valence-electron chi connectivity index (χ4n) is 2.88. The van der Waals surface area contributed by atoms with Gasteiger partial charge in [0, 0.05) is 17.5 Å². The standard InChI is InChI=1S/C17H13N5O4S2/c1-26-11-2-3-12-9(7-11)6-10(15-18-19-20-22(12)15)8-13-16(25)21(17(27)28-13)5-4-14(23)24/h2-3,6-8H,4-5H2,1H3,(H,23,24)/b13-8-. The van der Waals surface area contributed by atoms with Gasteiger partial charge in [-0.2, -0.15) is 4.52 Å². The SMILES string of the molecule is COc1ccc2c(c1)cc(/C=C1\SC(=S)N(CCC(=O)O)C1=O)c1nnnn12. The number of fused-ring (bicyclic) bond motifs is 3. The maximum Gasteiger partial charge on any atom is 0.305 e. The van der Waals surface area contributed by atoms with Crippen LogP contribution in [0.1, 0.15) is 12.0 Å². The summed E-state index contributed by atoms with van der Waals surface area (Å²) < 4.78 is 7.19. The molecule has 0 saturated carbocycles. The highest BCUT2D eigenvalue weighted by Gasteiger charge is 2.32.